The molecule has 2 heteroatoms. The van der Waals surface area contributed by atoms with Gasteiger partial charge in [0.1, 0.15) is 11.6 Å². The maximum absolute atomic E-state index is 13.7. The van der Waals surface area contributed by atoms with Crippen molar-refractivity contribution >= 4 is 0 Å². The number of halogens is 1. The van der Waals surface area contributed by atoms with Crippen LogP contribution in [0.2, 0.25) is 0 Å². The molecule has 0 saturated heterocycles. The van der Waals surface area contributed by atoms with Crippen LogP contribution in [-0.4, -0.2) is 6.61 Å². The van der Waals surface area contributed by atoms with Crippen LogP contribution in [0.15, 0.2) is 42.5 Å². The fraction of sp³-hybridized carbons (Fsp3) is 0.200. The monoisotopic (exact) mass is 230 g/mol. The van der Waals surface area contributed by atoms with E-state index >= 15 is 0 Å². The van der Waals surface area contributed by atoms with Gasteiger partial charge < -0.3 is 4.74 Å². The second-order valence-electron chi connectivity index (χ2n) is 3.94. The zero-order chi connectivity index (χ0) is 12.3. The van der Waals surface area contributed by atoms with Gasteiger partial charge in [-0.05, 0) is 43.7 Å². The van der Waals surface area contributed by atoms with Crippen LogP contribution in [0.1, 0.15) is 12.5 Å². The van der Waals surface area contributed by atoms with E-state index in [2.05, 4.69) is 0 Å². The molecule has 0 amide bonds. The summed E-state index contributed by atoms with van der Waals surface area (Å²) < 4.78 is 19.0. The smallest absolute Gasteiger partial charge is 0.131 e. The van der Waals surface area contributed by atoms with Gasteiger partial charge in [0.25, 0.3) is 0 Å². The van der Waals surface area contributed by atoms with Crippen LogP contribution in [0.4, 0.5) is 4.39 Å². The standard InChI is InChI=1S/C15H15FO/c1-3-17-13-7-5-12(6-8-13)14-10-11(2)4-9-15(14)16/h4-10H,3H2,1-2H3. The summed E-state index contributed by atoms with van der Waals surface area (Å²) in [5.74, 6) is 0.615. The molecule has 0 N–H and O–H groups in total. The number of benzene rings is 2. The van der Waals surface area contributed by atoms with Crippen molar-refractivity contribution in [1.82, 2.24) is 0 Å². The van der Waals surface area contributed by atoms with Crippen LogP contribution < -0.4 is 4.74 Å². The van der Waals surface area contributed by atoms with Crippen molar-refractivity contribution in [1.29, 1.82) is 0 Å². The predicted octanol–water partition coefficient (Wildman–Crippen LogP) is 4.20. The molecule has 0 bridgehead atoms. The molecule has 0 atom stereocenters. The second kappa shape index (κ2) is 5.00. The molecule has 2 aromatic rings. The number of hydrogen-bond donors (Lipinski definition) is 0. The van der Waals surface area contributed by atoms with Gasteiger partial charge in [0.2, 0.25) is 0 Å². The molecular formula is C15H15FO. The van der Waals surface area contributed by atoms with Gasteiger partial charge in [0.15, 0.2) is 0 Å². The topological polar surface area (TPSA) is 9.23 Å². The van der Waals surface area contributed by atoms with E-state index in [9.17, 15) is 4.39 Å². The Morgan fingerprint density at radius 2 is 1.76 bits per heavy atom. The van der Waals surface area contributed by atoms with Crippen LogP contribution in [0, 0.1) is 12.7 Å². The van der Waals surface area contributed by atoms with Gasteiger partial charge in [-0.2, -0.15) is 0 Å². The van der Waals surface area contributed by atoms with E-state index in [1.807, 2.05) is 44.2 Å². The van der Waals surface area contributed by atoms with Crippen molar-refractivity contribution in [2.24, 2.45) is 0 Å². The lowest BCUT2D eigenvalue weighted by molar-refractivity contribution is 0.340. The van der Waals surface area contributed by atoms with E-state index in [-0.39, 0.29) is 5.82 Å². The van der Waals surface area contributed by atoms with Crippen LogP contribution in [0.3, 0.4) is 0 Å². The molecule has 0 aliphatic carbocycles. The molecule has 0 fully saturated rings. The summed E-state index contributed by atoms with van der Waals surface area (Å²) in [5, 5.41) is 0. The zero-order valence-corrected chi connectivity index (χ0v) is 10.0. The number of hydrogen-bond acceptors (Lipinski definition) is 1. The molecule has 0 spiro atoms. The molecule has 0 aliphatic heterocycles. The van der Waals surface area contributed by atoms with Gasteiger partial charge in [0.05, 0.1) is 6.61 Å². The summed E-state index contributed by atoms with van der Waals surface area (Å²) in [6.07, 6.45) is 0. The minimum atomic E-state index is -0.195. The van der Waals surface area contributed by atoms with Gasteiger partial charge in [-0.25, -0.2) is 4.39 Å². The average Bonchev–Trinajstić information content (AvgIpc) is 2.34. The summed E-state index contributed by atoms with van der Waals surface area (Å²) in [6.45, 7) is 4.53. The van der Waals surface area contributed by atoms with Crippen molar-refractivity contribution in [3.05, 3.63) is 53.8 Å². The largest absolute Gasteiger partial charge is 0.494 e. The fourth-order valence-electron chi connectivity index (χ4n) is 1.76. The lowest BCUT2D eigenvalue weighted by atomic mass is 10.0. The van der Waals surface area contributed by atoms with Gasteiger partial charge in [-0.15, -0.1) is 0 Å². The third-order valence-electron chi connectivity index (χ3n) is 2.60. The number of ether oxygens (including phenoxy) is 1. The summed E-state index contributed by atoms with van der Waals surface area (Å²) in [6, 6.07) is 12.6. The van der Waals surface area contributed by atoms with E-state index in [1.165, 1.54) is 6.07 Å². The first-order valence-corrected chi connectivity index (χ1v) is 5.70. The quantitative estimate of drug-likeness (QED) is 0.767. The Kier molecular flexibility index (Phi) is 3.43. The molecule has 0 aromatic heterocycles. The molecule has 2 aromatic carbocycles. The Balaban J connectivity index is 2.36. The van der Waals surface area contributed by atoms with E-state index in [0.29, 0.717) is 12.2 Å². The van der Waals surface area contributed by atoms with Gasteiger partial charge in [-0.3, -0.25) is 0 Å². The van der Waals surface area contributed by atoms with Crippen LogP contribution in [0.25, 0.3) is 11.1 Å². The van der Waals surface area contributed by atoms with Crippen LogP contribution in [0.5, 0.6) is 5.75 Å². The van der Waals surface area contributed by atoms with Crippen molar-refractivity contribution in [3.8, 4) is 16.9 Å². The Morgan fingerprint density at radius 1 is 1.06 bits per heavy atom. The Bertz CT molecular complexity index is 503. The maximum Gasteiger partial charge on any atom is 0.131 e. The van der Waals surface area contributed by atoms with Crippen molar-refractivity contribution in [2.75, 3.05) is 6.61 Å². The summed E-state index contributed by atoms with van der Waals surface area (Å²) in [5.41, 5.74) is 2.55. The Morgan fingerprint density at radius 3 is 2.41 bits per heavy atom. The molecule has 0 saturated carbocycles. The highest BCUT2D eigenvalue weighted by Gasteiger charge is 2.05. The van der Waals surface area contributed by atoms with Crippen LogP contribution in [-0.2, 0) is 0 Å². The Labute approximate surface area is 101 Å². The molecule has 2 rings (SSSR count). The molecule has 88 valence electrons. The summed E-state index contributed by atoms with van der Waals surface area (Å²) in [4.78, 5) is 0. The molecule has 1 nitrogen and oxygen atoms in total. The minimum Gasteiger partial charge on any atom is -0.494 e. The van der Waals surface area contributed by atoms with Gasteiger partial charge >= 0.3 is 0 Å². The van der Waals surface area contributed by atoms with E-state index < -0.39 is 0 Å². The van der Waals surface area contributed by atoms with Crippen molar-refractivity contribution in [2.45, 2.75) is 13.8 Å². The molecule has 17 heavy (non-hydrogen) atoms. The first-order valence-electron chi connectivity index (χ1n) is 5.70. The van der Waals surface area contributed by atoms with Gasteiger partial charge in [0, 0.05) is 5.56 Å². The maximum atomic E-state index is 13.7. The molecule has 0 unspecified atom stereocenters. The number of rotatable bonds is 3. The average molecular weight is 230 g/mol. The fourth-order valence-corrected chi connectivity index (χ4v) is 1.76. The van der Waals surface area contributed by atoms with E-state index in [1.54, 1.807) is 6.07 Å². The highest BCUT2D eigenvalue weighted by Crippen LogP contribution is 2.25. The predicted molar refractivity (Wildman–Crippen MR) is 67.7 cm³/mol. The summed E-state index contributed by atoms with van der Waals surface area (Å²) in [7, 11) is 0. The lowest BCUT2D eigenvalue weighted by Gasteiger charge is -2.07. The molecule has 0 heterocycles. The lowest BCUT2D eigenvalue weighted by Crippen LogP contribution is -1.91. The Hall–Kier alpha value is -1.83. The van der Waals surface area contributed by atoms with Crippen LogP contribution >= 0.6 is 0 Å². The van der Waals surface area contributed by atoms with Gasteiger partial charge in [-0.1, -0.05) is 23.8 Å². The normalized spacial score (nSPS) is 10.3. The SMILES string of the molecule is CCOc1ccc(-c2cc(C)ccc2F)cc1. The van der Waals surface area contributed by atoms with Crippen molar-refractivity contribution in [3.63, 3.8) is 0 Å². The highest BCUT2D eigenvalue weighted by atomic mass is 19.1. The van der Waals surface area contributed by atoms with E-state index in [4.69, 9.17) is 4.74 Å². The minimum absolute atomic E-state index is 0.195. The second-order valence-corrected chi connectivity index (χ2v) is 3.94. The summed E-state index contributed by atoms with van der Waals surface area (Å²) >= 11 is 0. The van der Waals surface area contributed by atoms with Crippen molar-refractivity contribution < 1.29 is 9.13 Å². The van der Waals surface area contributed by atoms with E-state index in [0.717, 1.165) is 16.9 Å². The third kappa shape index (κ3) is 2.64. The third-order valence-corrected chi connectivity index (χ3v) is 2.60. The zero-order valence-electron chi connectivity index (χ0n) is 10.0. The number of aryl methyl sites for hydroxylation is 1. The highest BCUT2D eigenvalue weighted by molar-refractivity contribution is 5.65. The first kappa shape index (κ1) is 11.6. The molecule has 0 aliphatic rings. The first-order chi connectivity index (χ1) is 8.20. The molecular weight excluding hydrogens is 215 g/mol. The molecule has 0 radical (unpaired) electrons.